The molecular formula is C15H20N2O5S2. The summed E-state index contributed by atoms with van der Waals surface area (Å²) in [5.41, 5.74) is 0.213. The molecule has 7 nitrogen and oxygen atoms in total. The Bertz CT molecular complexity index is 846. The molecule has 0 spiro atoms. The van der Waals surface area contributed by atoms with Gasteiger partial charge in [-0.1, -0.05) is 12.1 Å². The molecule has 1 amide bonds. The van der Waals surface area contributed by atoms with Crippen LogP contribution < -0.4 is 5.32 Å². The summed E-state index contributed by atoms with van der Waals surface area (Å²) in [6.45, 7) is 3.77. The molecule has 0 aromatic heterocycles. The van der Waals surface area contributed by atoms with Gasteiger partial charge in [0.25, 0.3) is 5.91 Å². The molecule has 1 fully saturated rings. The highest BCUT2D eigenvalue weighted by Crippen LogP contribution is 2.23. The molecule has 1 aliphatic heterocycles. The number of hydrogen-bond acceptors (Lipinski definition) is 5. The quantitative estimate of drug-likeness (QED) is 0.729. The van der Waals surface area contributed by atoms with Crippen molar-refractivity contribution < 1.29 is 21.6 Å². The van der Waals surface area contributed by atoms with Crippen LogP contribution in [0.4, 0.5) is 0 Å². The van der Waals surface area contributed by atoms with Gasteiger partial charge < -0.3 is 5.32 Å². The van der Waals surface area contributed by atoms with Gasteiger partial charge in [-0.25, -0.2) is 16.8 Å². The Balaban J connectivity index is 2.26. The first kappa shape index (κ1) is 18.6. The fourth-order valence-electron chi connectivity index (χ4n) is 2.49. The zero-order chi connectivity index (χ0) is 18.0. The van der Waals surface area contributed by atoms with Gasteiger partial charge >= 0.3 is 0 Å². The molecule has 0 aliphatic carbocycles. The van der Waals surface area contributed by atoms with E-state index in [0.29, 0.717) is 0 Å². The van der Waals surface area contributed by atoms with Gasteiger partial charge in [-0.2, -0.15) is 4.31 Å². The molecular weight excluding hydrogens is 352 g/mol. The zero-order valence-corrected chi connectivity index (χ0v) is 14.9. The van der Waals surface area contributed by atoms with Crippen molar-refractivity contribution in [3.63, 3.8) is 0 Å². The highest BCUT2D eigenvalue weighted by Gasteiger charge is 2.36. The van der Waals surface area contributed by atoms with Crippen LogP contribution in [0.15, 0.2) is 41.8 Å². The van der Waals surface area contributed by atoms with Crippen molar-refractivity contribution in [2.75, 3.05) is 25.1 Å². The van der Waals surface area contributed by atoms with Crippen LogP contribution >= 0.6 is 0 Å². The van der Waals surface area contributed by atoms with Gasteiger partial charge in [0.2, 0.25) is 10.0 Å². The summed E-state index contributed by atoms with van der Waals surface area (Å²) in [7, 11) is -5.71. The third kappa shape index (κ3) is 4.03. The first-order chi connectivity index (χ1) is 11.2. The monoisotopic (exact) mass is 372 g/mol. The van der Waals surface area contributed by atoms with Crippen molar-refractivity contribution in [1.82, 2.24) is 9.62 Å². The Hall–Kier alpha value is -1.71. The second kappa shape index (κ2) is 7.04. The lowest BCUT2D eigenvalue weighted by atomic mass is 10.2. The molecule has 0 bridgehead atoms. The Labute approximate surface area is 142 Å². The zero-order valence-electron chi connectivity index (χ0n) is 13.3. The van der Waals surface area contributed by atoms with E-state index in [-0.39, 0.29) is 34.9 Å². The molecule has 1 atom stereocenters. The maximum absolute atomic E-state index is 12.7. The number of rotatable bonds is 6. The van der Waals surface area contributed by atoms with Crippen molar-refractivity contribution >= 4 is 25.8 Å². The number of nitrogens with one attached hydrogen (secondary N) is 1. The summed E-state index contributed by atoms with van der Waals surface area (Å²) >= 11 is 0. The Morgan fingerprint density at radius 3 is 2.75 bits per heavy atom. The fraction of sp³-hybridized carbons (Fsp3) is 0.400. The lowest BCUT2D eigenvalue weighted by Crippen LogP contribution is -2.37. The third-order valence-electron chi connectivity index (χ3n) is 3.90. The van der Waals surface area contributed by atoms with E-state index in [9.17, 15) is 21.6 Å². The molecule has 1 aromatic carbocycles. The summed E-state index contributed by atoms with van der Waals surface area (Å²) in [5, 5.41) is 2.58. The summed E-state index contributed by atoms with van der Waals surface area (Å²) in [6, 6.07) is 5.08. The predicted octanol–water partition coefficient (Wildman–Crippen LogP) is 0.410. The van der Waals surface area contributed by atoms with E-state index in [1.54, 1.807) is 0 Å². The van der Waals surface area contributed by atoms with E-state index in [1.807, 2.05) is 0 Å². The minimum atomic E-state index is -3.88. The normalized spacial score (nSPS) is 20.0. The first-order valence-corrected chi connectivity index (χ1v) is 10.6. The summed E-state index contributed by atoms with van der Waals surface area (Å²) in [4.78, 5) is 11.9. The fourth-order valence-corrected chi connectivity index (χ4v) is 5.79. The maximum Gasteiger partial charge on any atom is 0.251 e. The number of sulfonamides is 1. The summed E-state index contributed by atoms with van der Waals surface area (Å²) < 4.78 is 49.6. The van der Waals surface area contributed by atoms with Crippen LogP contribution in [0.1, 0.15) is 16.8 Å². The van der Waals surface area contributed by atoms with Crippen molar-refractivity contribution in [2.45, 2.75) is 17.4 Å². The smallest absolute Gasteiger partial charge is 0.251 e. The molecule has 1 aromatic rings. The largest absolute Gasteiger partial charge is 0.349 e. The van der Waals surface area contributed by atoms with Gasteiger partial charge in [0.1, 0.15) is 0 Å². The molecule has 132 valence electrons. The molecule has 9 heteroatoms. The predicted molar refractivity (Wildman–Crippen MR) is 91.0 cm³/mol. The minimum absolute atomic E-state index is 0.0124. The van der Waals surface area contributed by atoms with Gasteiger partial charge in [0, 0.05) is 25.2 Å². The molecule has 0 radical (unpaired) electrons. The molecule has 1 heterocycles. The van der Waals surface area contributed by atoms with Gasteiger partial charge in [0.15, 0.2) is 9.84 Å². The van der Waals surface area contributed by atoms with E-state index >= 15 is 0 Å². The van der Waals surface area contributed by atoms with Gasteiger partial charge in [-0.3, -0.25) is 4.79 Å². The molecule has 1 unspecified atom stereocenters. The van der Waals surface area contributed by atoms with E-state index in [1.165, 1.54) is 37.4 Å². The number of hydrogen-bond donors (Lipinski definition) is 1. The van der Waals surface area contributed by atoms with Crippen molar-refractivity contribution in [3.05, 3.63) is 42.5 Å². The van der Waals surface area contributed by atoms with Crippen LogP contribution in [0, 0.1) is 0 Å². The maximum atomic E-state index is 12.7. The average molecular weight is 372 g/mol. The lowest BCUT2D eigenvalue weighted by molar-refractivity contribution is 0.0958. The standard InChI is InChI=1S/C15H20N2O5S2/c1-3-8-16-15(18)12-5-4-6-14(10-12)24(21,22)17(2)13-7-9-23(19,20)11-13/h3-6,10,13H,1,7-9,11H2,2H3,(H,16,18). The highest BCUT2D eigenvalue weighted by molar-refractivity contribution is 7.92. The number of carbonyl (C=O) groups is 1. The van der Waals surface area contributed by atoms with Gasteiger partial charge in [0.05, 0.1) is 16.4 Å². The third-order valence-corrected chi connectivity index (χ3v) is 7.56. The number of nitrogens with zero attached hydrogens (tertiary/aromatic N) is 1. The van der Waals surface area contributed by atoms with Crippen LogP contribution in [0.3, 0.4) is 0 Å². The number of carbonyl (C=O) groups excluding carboxylic acids is 1. The van der Waals surface area contributed by atoms with Gasteiger partial charge in [-0.15, -0.1) is 6.58 Å². The van der Waals surface area contributed by atoms with E-state index in [0.717, 1.165) is 4.31 Å². The van der Waals surface area contributed by atoms with E-state index < -0.39 is 31.8 Å². The van der Waals surface area contributed by atoms with Crippen molar-refractivity contribution in [2.24, 2.45) is 0 Å². The molecule has 1 N–H and O–H groups in total. The molecule has 1 saturated heterocycles. The van der Waals surface area contributed by atoms with Crippen LogP contribution in [0.5, 0.6) is 0 Å². The number of benzene rings is 1. The van der Waals surface area contributed by atoms with Crippen LogP contribution in [0.25, 0.3) is 0 Å². The Morgan fingerprint density at radius 1 is 1.46 bits per heavy atom. The van der Waals surface area contributed by atoms with E-state index in [2.05, 4.69) is 11.9 Å². The van der Waals surface area contributed by atoms with Crippen molar-refractivity contribution in [3.8, 4) is 0 Å². The highest BCUT2D eigenvalue weighted by atomic mass is 32.2. The summed E-state index contributed by atoms with van der Waals surface area (Å²) in [6.07, 6.45) is 1.80. The molecule has 2 rings (SSSR count). The topological polar surface area (TPSA) is 101 Å². The molecule has 24 heavy (non-hydrogen) atoms. The molecule has 1 aliphatic rings. The van der Waals surface area contributed by atoms with Gasteiger partial charge in [-0.05, 0) is 24.6 Å². The number of amides is 1. The minimum Gasteiger partial charge on any atom is -0.349 e. The van der Waals surface area contributed by atoms with Crippen molar-refractivity contribution in [1.29, 1.82) is 0 Å². The SMILES string of the molecule is C=CCNC(=O)c1cccc(S(=O)(=O)N(C)C2CCS(=O)(=O)C2)c1. The average Bonchev–Trinajstić information content (AvgIpc) is 2.91. The second-order valence-corrected chi connectivity index (χ2v) is 9.83. The Kier molecular flexibility index (Phi) is 5.46. The van der Waals surface area contributed by atoms with E-state index in [4.69, 9.17) is 0 Å². The summed E-state index contributed by atoms with van der Waals surface area (Å²) in [5.74, 6) is -0.595. The Morgan fingerprint density at radius 2 is 2.17 bits per heavy atom. The van der Waals surface area contributed by atoms with Crippen LogP contribution in [-0.4, -0.2) is 58.2 Å². The number of sulfone groups is 1. The second-order valence-electron chi connectivity index (χ2n) is 5.60. The first-order valence-electron chi connectivity index (χ1n) is 7.35. The van der Waals surface area contributed by atoms with Crippen LogP contribution in [-0.2, 0) is 19.9 Å². The van der Waals surface area contributed by atoms with Crippen LogP contribution in [0.2, 0.25) is 0 Å². The lowest BCUT2D eigenvalue weighted by Gasteiger charge is -2.23. The molecule has 0 saturated carbocycles.